The monoisotopic (exact) mass is 235 g/mol. The van der Waals surface area contributed by atoms with Gasteiger partial charge in [0, 0.05) is 6.54 Å². The van der Waals surface area contributed by atoms with Gasteiger partial charge in [-0.3, -0.25) is 0 Å². The zero-order chi connectivity index (χ0) is 12.3. The Kier molecular flexibility index (Phi) is 3.62. The Balaban J connectivity index is 1.93. The molecule has 1 fully saturated rings. The molecule has 1 aromatic rings. The van der Waals surface area contributed by atoms with E-state index in [9.17, 15) is 5.11 Å². The Hall–Kier alpha value is -1.16. The number of aromatic nitrogens is 2. The van der Waals surface area contributed by atoms with Crippen LogP contribution in [-0.2, 0) is 0 Å². The van der Waals surface area contributed by atoms with E-state index in [4.69, 9.17) is 0 Å². The first-order valence-corrected chi connectivity index (χ1v) is 6.33. The van der Waals surface area contributed by atoms with Crippen LogP contribution in [0.4, 0.5) is 5.82 Å². The van der Waals surface area contributed by atoms with E-state index in [1.165, 1.54) is 6.42 Å². The van der Waals surface area contributed by atoms with E-state index in [1.807, 2.05) is 13.0 Å². The van der Waals surface area contributed by atoms with Gasteiger partial charge in [0.05, 0.1) is 11.8 Å². The van der Waals surface area contributed by atoms with E-state index >= 15 is 0 Å². The van der Waals surface area contributed by atoms with Crippen LogP contribution in [-0.4, -0.2) is 27.4 Å². The molecule has 1 aliphatic rings. The Morgan fingerprint density at radius 3 is 3.12 bits per heavy atom. The van der Waals surface area contributed by atoms with Gasteiger partial charge in [-0.05, 0) is 37.3 Å². The highest BCUT2D eigenvalue weighted by Crippen LogP contribution is 2.32. The highest BCUT2D eigenvalue weighted by molar-refractivity contribution is 5.35. The first-order valence-electron chi connectivity index (χ1n) is 6.33. The minimum absolute atomic E-state index is 0.565. The van der Waals surface area contributed by atoms with Gasteiger partial charge < -0.3 is 10.4 Å². The number of nitrogens with zero attached hydrogens (tertiary/aromatic N) is 2. The molecular formula is C13H21N3O. The molecule has 4 heteroatoms. The third-order valence-corrected chi connectivity index (χ3v) is 3.46. The maximum absolute atomic E-state index is 10.5. The molecule has 2 unspecified atom stereocenters. The van der Waals surface area contributed by atoms with Crippen LogP contribution in [0.5, 0.6) is 0 Å². The normalized spacial score (nSPS) is 29.0. The van der Waals surface area contributed by atoms with Crippen molar-refractivity contribution in [2.45, 2.75) is 45.1 Å². The molecule has 0 radical (unpaired) electrons. The van der Waals surface area contributed by atoms with E-state index in [1.54, 1.807) is 6.20 Å². The molecular weight excluding hydrogens is 214 g/mol. The van der Waals surface area contributed by atoms with E-state index in [0.717, 1.165) is 30.6 Å². The van der Waals surface area contributed by atoms with Gasteiger partial charge in [-0.15, -0.1) is 5.10 Å². The molecule has 0 bridgehead atoms. The summed E-state index contributed by atoms with van der Waals surface area (Å²) in [6.45, 7) is 4.75. The molecule has 0 saturated heterocycles. The van der Waals surface area contributed by atoms with Crippen molar-refractivity contribution >= 4 is 5.82 Å². The molecule has 1 saturated carbocycles. The van der Waals surface area contributed by atoms with Gasteiger partial charge in [-0.2, -0.15) is 5.10 Å². The topological polar surface area (TPSA) is 58.0 Å². The van der Waals surface area contributed by atoms with Crippen LogP contribution < -0.4 is 5.32 Å². The van der Waals surface area contributed by atoms with Gasteiger partial charge in [-0.25, -0.2) is 0 Å². The van der Waals surface area contributed by atoms with Crippen LogP contribution in [0.25, 0.3) is 0 Å². The number of hydrogen-bond acceptors (Lipinski definition) is 4. The zero-order valence-corrected chi connectivity index (χ0v) is 10.6. The first kappa shape index (κ1) is 12.3. The summed E-state index contributed by atoms with van der Waals surface area (Å²) in [5, 5.41) is 21.5. The van der Waals surface area contributed by atoms with Crippen molar-refractivity contribution in [3.63, 3.8) is 0 Å². The molecule has 0 aromatic carbocycles. The van der Waals surface area contributed by atoms with Crippen LogP contribution in [0.2, 0.25) is 0 Å². The third-order valence-electron chi connectivity index (χ3n) is 3.46. The first-order chi connectivity index (χ1) is 8.07. The number of nitrogens with one attached hydrogen (secondary N) is 1. The predicted octanol–water partition coefficient (Wildman–Crippen LogP) is 2.14. The van der Waals surface area contributed by atoms with Gasteiger partial charge in [0.15, 0.2) is 0 Å². The Bertz CT molecular complexity index is 383. The zero-order valence-electron chi connectivity index (χ0n) is 10.6. The second-order valence-corrected chi connectivity index (χ2v) is 5.40. The molecule has 1 aliphatic carbocycles. The van der Waals surface area contributed by atoms with Gasteiger partial charge in [-0.1, -0.05) is 19.8 Å². The molecule has 2 rings (SSSR count). The minimum Gasteiger partial charge on any atom is -0.388 e. The van der Waals surface area contributed by atoms with Crippen LogP contribution in [0.3, 0.4) is 0 Å². The van der Waals surface area contributed by atoms with Crippen molar-refractivity contribution < 1.29 is 5.11 Å². The fourth-order valence-electron chi connectivity index (χ4n) is 2.60. The summed E-state index contributed by atoms with van der Waals surface area (Å²) >= 11 is 0. The lowest BCUT2D eigenvalue weighted by atomic mass is 9.79. The minimum atomic E-state index is -0.580. The SMILES string of the molecule is Cc1cnnc(NCC2(O)CCCC(C)C2)c1. The molecule has 17 heavy (non-hydrogen) atoms. The van der Waals surface area contributed by atoms with Gasteiger partial charge in [0.1, 0.15) is 5.82 Å². The maximum Gasteiger partial charge on any atom is 0.149 e. The average molecular weight is 235 g/mol. The van der Waals surface area contributed by atoms with Crippen molar-refractivity contribution in [1.29, 1.82) is 0 Å². The highest BCUT2D eigenvalue weighted by Gasteiger charge is 2.32. The van der Waals surface area contributed by atoms with Crippen LogP contribution in [0.1, 0.15) is 38.2 Å². The van der Waals surface area contributed by atoms with Crippen LogP contribution >= 0.6 is 0 Å². The summed E-state index contributed by atoms with van der Waals surface area (Å²) in [5.41, 5.74) is 0.495. The van der Waals surface area contributed by atoms with Crippen molar-refractivity contribution in [3.05, 3.63) is 17.8 Å². The lowest BCUT2D eigenvalue weighted by molar-refractivity contribution is -0.000838. The average Bonchev–Trinajstić information content (AvgIpc) is 2.26. The predicted molar refractivity (Wildman–Crippen MR) is 67.8 cm³/mol. The molecule has 0 amide bonds. The van der Waals surface area contributed by atoms with E-state index in [-0.39, 0.29) is 0 Å². The molecule has 0 spiro atoms. The van der Waals surface area contributed by atoms with Gasteiger partial charge in [0.25, 0.3) is 0 Å². The largest absolute Gasteiger partial charge is 0.388 e. The Morgan fingerprint density at radius 1 is 1.59 bits per heavy atom. The van der Waals surface area contributed by atoms with Crippen LogP contribution in [0.15, 0.2) is 12.3 Å². The summed E-state index contributed by atoms with van der Waals surface area (Å²) in [4.78, 5) is 0. The number of anilines is 1. The standard InChI is InChI=1S/C13H21N3O/c1-10-4-3-5-13(17,7-10)9-14-12-6-11(2)8-15-16-12/h6,8,10,17H,3-5,7,9H2,1-2H3,(H,14,16). The van der Waals surface area contributed by atoms with Gasteiger partial charge >= 0.3 is 0 Å². The number of hydrogen-bond donors (Lipinski definition) is 2. The second kappa shape index (κ2) is 5.00. The molecule has 94 valence electrons. The summed E-state index contributed by atoms with van der Waals surface area (Å²) in [5.74, 6) is 1.36. The Labute approximate surface area is 102 Å². The molecule has 2 atom stereocenters. The van der Waals surface area contributed by atoms with E-state index in [0.29, 0.717) is 12.5 Å². The fraction of sp³-hybridized carbons (Fsp3) is 0.692. The summed E-state index contributed by atoms with van der Waals surface area (Å²) < 4.78 is 0. The number of rotatable bonds is 3. The Morgan fingerprint density at radius 2 is 2.41 bits per heavy atom. The highest BCUT2D eigenvalue weighted by atomic mass is 16.3. The van der Waals surface area contributed by atoms with Gasteiger partial charge in [0.2, 0.25) is 0 Å². The third kappa shape index (κ3) is 3.40. The second-order valence-electron chi connectivity index (χ2n) is 5.40. The van der Waals surface area contributed by atoms with E-state index in [2.05, 4.69) is 22.4 Å². The molecule has 1 aromatic heterocycles. The van der Waals surface area contributed by atoms with Crippen molar-refractivity contribution in [2.24, 2.45) is 5.92 Å². The quantitative estimate of drug-likeness (QED) is 0.842. The summed E-state index contributed by atoms with van der Waals surface area (Å²) in [6.07, 6.45) is 5.82. The summed E-state index contributed by atoms with van der Waals surface area (Å²) in [7, 11) is 0. The number of aliphatic hydroxyl groups is 1. The smallest absolute Gasteiger partial charge is 0.149 e. The lowest BCUT2D eigenvalue weighted by Crippen LogP contribution is -2.41. The molecule has 2 N–H and O–H groups in total. The maximum atomic E-state index is 10.5. The lowest BCUT2D eigenvalue weighted by Gasteiger charge is -2.35. The fourth-order valence-corrected chi connectivity index (χ4v) is 2.60. The number of aryl methyl sites for hydroxylation is 1. The van der Waals surface area contributed by atoms with Crippen LogP contribution in [0, 0.1) is 12.8 Å². The van der Waals surface area contributed by atoms with Crippen molar-refractivity contribution in [1.82, 2.24) is 10.2 Å². The summed E-state index contributed by atoms with van der Waals surface area (Å²) in [6, 6.07) is 1.95. The van der Waals surface area contributed by atoms with Crippen molar-refractivity contribution in [2.75, 3.05) is 11.9 Å². The molecule has 4 nitrogen and oxygen atoms in total. The van der Waals surface area contributed by atoms with E-state index < -0.39 is 5.60 Å². The molecule has 0 aliphatic heterocycles. The molecule has 1 heterocycles. The van der Waals surface area contributed by atoms with Crippen molar-refractivity contribution in [3.8, 4) is 0 Å².